The van der Waals surface area contributed by atoms with Crippen molar-refractivity contribution in [2.24, 2.45) is 5.73 Å². The number of ether oxygens (including phenoxy) is 1. The zero-order valence-electron chi connectivity index (χ0n) is 8.95. The van der Waals surface area contributed by atoms with E-state index in [4.69, 9.17) is 5.73 Å². The third kappa shape index (κ3) is 5.00. The van der Waals surface area contributed by atoms with Crippen LogP contribution in [0.25, 0.3) is 0 Å². The molecule has 0 unspecified atom stereocenters. The van der Waals surface area contributed by atoms with Crippen molar-refractivity contribution in [2.75, 3.05) is 5.32 Å². The summed E-state index contributed by atoms with van der Waals surface area (Å²) < 4.78 is 40.0. The summed E-state index contributed by atoms with van der Waals surface area (Å²) in [7, 11) is 0. The van der Waals surface area contributed by atoms with Crippen molar-refractivity contribution in [1.82, 2.24) is 0 Å². The van der Waals surface area contributed by atoms with Gasteiger partial charge < -0.3 is 15.8 Å². The van der Waals surface area contributed by atoms with Gasteiger partial charge in [0.2, 0.25) is 5.91 Å². The standard InChI is InChI=1S/C10H9F3N2O2S/c11-10(12,13)17-7-4-2-1-3-6(7)15-9(16)5-8(14)18/h1-4H,5H2,(H2,14,18)(H,15,16). The lowest BCUT2D eigenvalue weighted by molar-refractivity contribution is -0.274. The van der Waals surface area contributed by atoms with E-state index in [9.17, 15) is 18.0 Å². The number of carbonyl (C=O) groups excluding carboxylic acids is 1. The molecule has 0 aliphatic carbocycles. The Balaban J connectivity index is 2.82. The quantitative estimate of drug-likeness (QED) is 0.829. The number of halogens is 3. The summed E-state index contributed by atoms with van der Waals surface area (Å²) in [5.74, 6) is -1.11. The number of carbonyl (C=O) groups is 1. The van der Waals surface area contributed by atoms with Gasteiger partial charge in [0.25, 0.3) is 0 Å². The lowest BCUT2D eigenvalue weighted by Gasteiger charge is -2.13. The Morgan fingerprint density at radius 2 is 2.00 bits per heavy atom. The zero-order valence-corrected chi connectivity index (χ0v) is 9.77. The summed E-state index contributed by atoms with van der Waals surface area (Å²) in [5.41, 5.74) is 5.05. The van der Waals surface area contributed by atoms with Gasteiger partial charge in [-0.2, -0.15) is 0 Å². The second kappa shape index (κ2) is 5.67. The van der Waals surface area contributed by atoms with Crippen molar-refractivity contribution in [2.45, 2.75) is 12.8 Å². The molecule has 0 bridgehead atoms. The highest BCUT2D eigenvalue weighted by Gasteiger charge is 2.32. The number of alkyl halides is 3. The van der Waals surface area contributed by atoms with Gasteiger partial charge in [0, 0.05) is 0 Å². The molecule has 18 heavy (non-hydrogen) atoms. The first kappa shape index (κ1) is 14.2. The second-order valence-corrected chi connectivity index (χ2v) is 3.76. The number of nitrogens with one attached hydrogen (secondary N) is 1. The van der Waals surface area contributed by atoms with Gasteiger partial charge >= 0.3 is 6.36 Å². The summed E-state index contributed by atoms with van der Waals surface area (Å²) >= 11 is 4.51. The predicted octanol–water partition coefficient (Wildman–Crippen LogP) is 2.20. The highest BCUT2D eigenvalue weighted by atomic mass is 32.1. The van der Waals surface area contributed by atoms with E-state index in [1.54, 1.807) is 0 Å². The molecular weight excluding hydrogens is 269 g/mol. The number of hydrogen-bond acceptors (Lipinski definition) is 3. The smallest absolute Gasteiger partial charge is 0.404 e. The first-order chi connectivity index (χ1) is 8.28. The molecule has 1 rings (SSSR count). The van der Waals surface area contributed by atoms with Crippen LogP contribution in [0.4, 0.5) is 18.9 Å². The van der Waals surface area contributed by atoms with E-state index >= 15 is 0 Å². The van der Waals surface area contributed by atoms with E-state index in [-0.39, 0.29) is 17.1 Å². The molecule has 0 atom stereocenters. The molecule has 1 aromatic carbocycles. The molecule has 0 saturated carbocycles. The highest BCUT2D eigenvalue weighted by molar-refractivity contribution is 7.80. The fourth-order valence-corrected chi connectivity index (χ4v) is 1.27. The van der Waals surface area contributed by atoms with Gasteiger partial charge in [-0.15, -0.1) is 13.2 Å². The Morgan fingerprint density at radius 1 is 1.39 bits per heavy atom. The summed E-state index contributed by atoms with van der Waals surface area (Å²) in [6.07, 6.45) is -5.08. The van der Waals surface area contributed by atoms with Crippen molar-refractivity contribution < 1.29 is 22.7 Å². The van der Waals surface area contributed by atoms with Crippen molar-refractivity contribution in [3.63, 3.8) is 0 Å². The first-order valence-electron chi connectivity index (χ1n) is 4.71. The molecule has 1 aromatic rings. The molecule has 0 saturated heterocycles. The van der Waals surface area contributed by atoms with Crippen LogP contribution in [0.15, 0.2) is 24.3 Å². The normalized spacial score (nSPS) is 10.8. The van der Waals surface area contributed by atoms with E-state index in [1.807, 2.05) is 0 Å². The van der Waals surface area contributed by atoms with E-state index in [0.29, 0.717) is 0 Å². The largest absolute Gasteiger partial charge is 0.573 e. The Bertz CT molecular complexity index is 463. The highest BCUT2D eigenvalue weighted by Crippen LogP contribution is 2.29. The number of anilines is 1. The molecule has 0 heterocycles. The van der Waals surface area contributed by atoms with Crippen LogP contribution in [0, 0.1) is 0 Å². The minimum Gasteiger partial charge on any atom is -0.404 e. The number of rotatable bonds is 4. The second-order valence-electron chi connectivity index (χ2n) is 3.24. The van der Waals surface area contributed by atoms with Crippen LogP contribution in [0.2, 0.25) is 0 Å². The predicted molar refractivity (Wildman–Crippen MR) is 63.2 cm³/mol. The molecule has 0 spiro atoms. The van der Waals surface area contributed by atoms with E-state index in [2.05, 4.69) is 22.3 Å². The van der Waals surface area contributed by atoms with Gasteiger partial charge in [-0.25, -0.2) is 0 Å². The molecular formula is C10H9F3N2O2S. The SMILES string of the molecule is NC(=S)CC(=O)Nc1ccccc1OC(F)(F)F. The van der Waals surface area contributed by atoms with Crippen LogP contribution in [0.3, 0.4) is 0 Å². The van der Waals surface area contributed by atoms with Crippen molar-refractivity contribution in [1.29, 1.82) is 0 Å². The fraction of sp³-hybridized carbons (Fsp3) is 0.200. The van der Waals surface area contributed by atoms with Crippen molar-refractivity contribution >= 4 is 28.8 Å². The summed E-state index contributed by atoms with van der Waals surface area (Å²) in [5, 5.41) is 2.23. The van der Waals surface area contributed by atoms with Gasteiger partial charge in [0.1, 0.15) is 0 Å². The van der Waals surface area contributed by atoms with Crippen LogP contribution >= 0.6 is 12.2 Å². The molecule has 0 aliphatic rings. The number of hydrogen-bond donors (Lipinski definition) is 2. The van der Waals surface area contributed by atoms with Gasteiger partial charge in [0.15, 0.2) is 5.75 Å². The first-order valence-corrected chi connectivity index (χ1v) is 5.11. The third-order valence-corrected chi connectivity index (χ3v) is 1.87. The zero-order chi connectivity index (χ0) is 13.8. The third-order valence-electron chi connectivity index (χ3n) is 1.72. The molecule has 0 aromatic heterocycles. The number of benzene rings is 1. The molecule has 0 radical (unpaired) electrons. The summed E-state index contributed by atoms with van der Waals surface area (Å²) in [6, 6.07) is 5.17. The monoisotopic (exact) mass is 278 g/mol. The molecule has 8 heteroatoms. The van der Waals surface area contributed by atoms with Gasteiger partial charge in [-0.3, -0.25) is 4.79 Å². The Morgan fingerprint density at radius 3 is 2.56 bits per heavy atom. The maximum absolute atomic E-state index is 12.1. The van der Waals surface area contributed by atoms with E-state index in [0.717, 1.165) is 6.07 Å². The molecule has 0 fully saturated rings. The lowest BCUT2D eigenvalue weighted by atomic mass is 10.3. The van der Waals surface area contributed by atoms with Gasteiger partial charge in [0.05, 0.1) is 17.1 Å². The average Bonchev–Trinajstić information content (AvgIpc) is 2.17. The van der Waals surface area contributed by atoms with Crippen LogP contribution in [0.5, 0.6) is 5.75 Å². The number of thiocarbonyl (C=S) groups is 1. The fourth-order valence-electron chi connectivity index (χ4n) is 1.14. The minimum absolute atomic E-state index is 0.0540. The number of amides is 1. The average molecular weight is 278 g/mol. The molecule has 98 valence electrons. The summed E-state index contributed by atoms with van der Waals surface area (Å²) in [4.78, 5) is 11.3. The maximum atomic E-state index is 12.1. The van der Waals surface area contributed by atoms with Gasteiger partial charge in [-0.05, 0) is 12.1 Å². The Hall–Kier alpha value is -1.83. The molecule has 0 aliphatic heterocycles. The van der Waals surface area contributed by atoms with Crippen LogP contribution in [0.1, 0.15) is 6.42 Å². The Labute approximate surface area is 106 Å². The summed E-state index contributed by atoms with van der Waals surface area (Å²) in [6.45, 7) is 0. The molecule has 4 nitrogen and oxygen atoms in total. The topological polar surface area (TPSA) is 64.4 Å². The van der Waals surface area contributed by atoms with E-state index < -0.39 is 18.0 Å². The van der Waals surface area contributed by atoms with Crippen LogP contribution in [-0.4, -0.2) is 17.3 Å². The van der Waals surface area contributed by atoms with Crippen LogP contribution < -0.4 is 15.8 Å². The molecule has 3 N–H and O–H groups in total. The van der Waals surface area contributed by atoms with Crippen molar-refractivity contribution in [3.05, 3.63) is 24.3 Å². The van der Waals surface area contributed by atoms with Gasteiger partial charge in [-0.1, -0.05) is 24.4 Å². The minimum atomic E-state index is -4.83. The van der Waals surface area contributed by atoms with Crippen molar-refractivity contribution in [3.8, 4) is 5.75 Å². The number of nitrogens with two attached hydrogens (primary N) is 1. The lowest BCUT2D eigenvalue weighted by Crippen LogP contribution is -2.22. The number of para-hydroxylation sites is 2. The maximum Gasteiger partial charge on any atom is 0.573 e. The molecule has 1 amide bonds. The Kier molecular flexibility index (Phi) is 4.49. The van der Waals surface area contributed by atoms with Crippen LogP contribution in [-0.2, 0) is 4.79 Å². The van der Waals surface area contributed by atoms with E-state index in [1.165, 1.54) is 18.2 Å².